The van der Waals surface area contributed by atoms with Crippen molar-refractivity contribution in [2.24, 2.45) is 0 Å². The van der Waals surface area contributed by atoms with E-state index in [1.54, 1.807) is 92.0 Å². The summed E-state index contributed by atoms with van der Waals surface area (Å²) in [4.78, 5) is 47.2. The molecule has 7 aromatic rings. The second-order valence-corrected chi connectivity index (χ2v) is 16.7. The molecule has 0 aliphatic carbocycles. The van der Waals surface area contributed by atoms with E-state index in [9.17, 15) is 24.3 Å². The zero-order valence-corrected chi connectivity index (χ0v) is 41.8. The van der Waals surface area contributed by atoms with E-state index in [0.29, 0.717) is 55.0 Å². The monoisotopic (exact) mass is 1020 g/mol. The minimum Gasteiger partial charge on any atom is -0.508 e. The van der Waals surface area contributed by atoms with Crippen molar-refractivity contribution in [2.75, 3.05) is 46.9 Å². The zero-order chi connectivity index (χ0) is 53.2. The van der Waals surface area contributed by atoms with Crippen molar-refractivity contribution in [2.45, 2.75) is 45.6 Å². The van der Waals surface area contributed by atoms with Crippen molar-refractivity contribution in [3.63, 3.8) is 0 Å². The Morgan fingerprint density at radius 3 is 1.21 bits per heavy atom. The van der Waals surface area contributed by atoms with Gasteiger partial charge in [0.05, 0.1) is 58.9 Å². The van der Waals surface area contributed by atoms with Crippen molar-refractivity contribution in [3.05, 3.63) is 169 Å². The van der Waals surface area contributed by atoms with Gasteiger partial charge in [0.1, 0.15) is 34.5 Å². The first-order valence-electron chi connectivity index (χ1n) is 24.3. The second-order valence-electron chi connectivity index (χ2n) is 16.7. The maximum absolute atomic E-state index is 12.3. The quantitative estimate of drug-likeness (QED) is 0.0211. The molecule has 0 heterocycles. The van der Waals surface area contributed by atoms with Crippen LogP contribution in [-0.4, -0.2) is 86.1 Å². The van der Waals surface area contributed by atoms with Crippen LogP contribution in [0.5, 0.6) is 34.5 Å². The van der Waals surface area contributed by atoms with Gasteiger partial charge in [-0.25, -0.2) is 0 Å². The van der Waals surface area contributed by atoms with Gasteiger partial charge in [-0.05, 0) is 141 Å². The Bertz CT molecular complexity index is 2800. The summed E-state index contributed by atoms with van der Waals surface area (Å²) in [7, 11) is 1.61. The van der Waals surface area contributed by atoms with E-state index >= 15 is 0 Å². The molecule has 15 nitrogen and oxygen atoms in total. The number of hydrogen-bond donors (Lipinski definition) is 3. The first-order valence-corrected chi connectivity index (χ1v) is 24.3. The Morgan fingerprint density at radius 2 is 0.813 bits per heavy atom. The fourth-order valence-electron chi connectivity index (χ4n) is 7.17. The first-order chi connectivity index (χ1) is 36.5. The van der Waals surface area contributed by atoms with Crippen LogP contribution in [0.1, 0.15) is 44.6 Å². The maximum Gasteiger partial charge on any atom is 0.313 e. The predicted octanol–water partition coefficient (Wildman–Crippen LogP) is 10.5. The number of phenols is 1. The molecule has 15 heteroatoms. The molecule has 390 valence electrons. The van der Waals surface area contributed by atoms with E-state index in [1.165, 1.54) is 0 Å². The van der Waals surface area contributed by atoms with E-state index in [0.717, 1.165) is 56.5 Å². The third-order valence-electron chi connectivity index (χ3n) is 10.9. The third-order valence-corrected chi connectivity index (χ3v) is 10.9. The van der Waals surface area contributed by atoms with Gasteiger partial charge < -0.3 is 53.2 Å². The summed E-state index contributed by atoms with van der Waals surface area (Å²) in [6.07, 6.45) is 1.11. The van der Waals surface area contributed by atoms with Crippen LogP contribution in [0.2, 0.25) is 0 Å². The van der Waals surface area contributed by atoms with E-state index in [4.69, 9.17) is 48.1 Å². The summed E-state index contributed by atoms with van der Waals surface area (Å²) in [6, 6.07) is 49.2. The van der Waals surface area contributed by atoms with Crippen molar-refractivity contribution in [1.82, 2.24) is 0 Å². The normalized spacial score (nSPS) is 10.7. The highest BCUT2D eigenvalue weighted by Crippen LogP contribution is 2.35. The van der Waals surface area contributed by atoms with Gasteiger partial charge in [0.15, 0.2) is 6.79 Å². The number of aliphatic hydroxyl groups is 2. The van der Waals surface area contributed by atoms with Crippen LogP contribution in [0.4, 0.5) is 0 Å². The lowest BCUT2D eigenvalue weighted by molar-refractivity contribution is -0.136. The Balaban J connectivity index is 0.000000259. The molecule has 0 aliphatic heterocycles. The number of ether oxygens (including phenoxy) is 8. The van der Waals surface area contributed by atoms with E-state index in [1.807, 2.05) is 85.8 Å². The lowest BCUT2D eigenvalue weighted by atomic mass is 9.98. The van der Waals surface area contributed by atoms with E-state index in [-0.39, 0.29) is 63.6 Å². The molecular formula is C60H60O15. The highest BCUT2D eigenvalue weighted by molar-refractivity contribution is 5.79. The number of carbonyl (C=O) groups excluding carboxylic acids is 4. The fraction of sp³-hybridized carbons (Fsp3) is 0.233. The molecule has 0 radical (unpaired) electrons. The molecule has 0 saturated carbocycles. The molecule has 0 amide bonds. The molecule has 0 aliphatic rings. The minimum absolute atomic E-state index is 0.0719. The Morgan fingerprint density at radius 1 is 0.413 bits per heavy atom. The average Bonchev–Trinajstić information content (AvgIpc) is 3.41. The minimum atomic E-state index is -0.514. The molecule has 0 unspecified atom stereocenters. The number of hydrogen-bond acceptors (Lipinski definition) is 15. The Labute approximate surface area is 435 Å². The van der Waals surface area contributed by atoms with E-state index in [2.05, 4.69) is 0 Å². The Kier molecular flexibility index (Phi) is 22.5. The van der Waals surface area contributed by atoms with Crippen LogP contribution in [0, 0.1) is 0 Å². The van der Waals surface area contributed by atoms with Gasteiger partial charge in [-0.1, -0.05) is 85.8 Å². The summed E-state index contributed by atoms with van der Waals surface area (Å²) >= 11 is 0. The van der Waals surface area contributed by atoms with Crippen LogP contribution in [0.15, 0.2) is 164 Å². The van der Waals surface area contributed by atoms with Crippen molar-refractivity contribution < 1.29 is 72.4 Å². The number of aromatic hydroxyl groups is 1. The van der Waals surface area contributed by atoms with Crippen LogP contribution in [0.25, 0.3) is 44.5 Å². The molecule has 75 heavy (non-hydrogen) atoms. The number of carbonyl (C=O) groups is 4. The largest absolute Gasteiger partial charge is 0.508 e. The number of phenolic OH excluding ortho intramolecular Hbond substituents is 1. The smallest absolute Gasteiger partial charge is 0.313 e. The molecule has 0 atom stereocenters. The highest BCUT2D eigenvalue weighted by atomic mass is 16.7. The lowest BCUT2D eigenvalue weighted by Crippen LogP contribution is -2.11. The number of esters is 4. The Hall–Kier alpha value is -8.18. The first kappa shape index (κ1) is 56.1. The van der Waals surface area contributed by atoms with Gasteiger partial charge in [-0.2, -0.15) is 0 Å². The summed E-state index contributed by atoms with van der Waals surface area (Å²) in [6.45, 7) is 3.08. The van der Waals surface area contributed by atoms with Crippen LogP contribution in [0.3, 0.4) is 0 Å². The van der Waals surface area contributed by atoms with Gasteiger partial charge in [-0.3, -0.25) is 19.2 Å². The van der Waals surface area contributed by atoms with Gasteiger partial charge in [0, 0.05) is 13.5 Å². The van der Waals surface area contributed by atoms with Gasteiger partial charge >= 0.3 is 23.9 Å². The molecule has 0 saturated heterocycles. The van der Waals surface area contributed by atoms with Gasteiger partial charge in [0.25, 0.3) is 0 Å². The fourth-order valence-corrected chi connectivity index (χ4v) is 7.17. The molecule has 0 spiro atoms. The van der Waals surface area contributed by atoms with Crippen LogP contribution < -0.4 is 23.7 Å². The molecule has 0 fully saturated rings. The summed E-state index contributed by atoms with van der Waals surface area (Å²) in [5, 5.41) is 27.7. The van der Waals surface area contributed by atoms with E-state index < -0.39 is 11.9 Å². The van der Waals surface area contributed by atoms with Gasteiger partial charge in [-0.15, -0.1) is 0 Å². The molecule has 3 N–H and O–H groups in total. The molecule has 0 aromatic heterocycles. The number of rotatable bonds is 25. The number of aliphatic hydroxyl groups excluding tert-OH is 2. The molecule has 7 aromatic carbocycles. The number of benzene rings is 7. The van der Waals surface area contributed by atoms with Gasteiger partial charge in [0.2, 0.25) is 0 Å². The topological polar surface area (TPSA) is 203 Å². The lowest BCUT2D eigenvalue weighted by Gasteiger charge is -2.13. The van der Waals surface area contributed by atoms with Crippen LogP contribution in [-0.2, 0) is 40.0 Å². The number of methoxy groups -OCH3 is 1. The third kappa shape index (κ3) is 19.0. The zero-order valence-electron chi connectivity index (χ0n) is 41.8. The maximum atomic E-state index is 12.3. The van der Waals surface area contributed by atoms with Crippen molar-refractivity contribution in [1.29, 1.82) is 0 Å². The standard InChI is InChI=1S/C36H38O8.C24H22O7/c1-3-7-35(37)43-32-14-10-28(11-15-32)30-22-31(24-34(23-30)42-26-41-21-20-39-2)29-12-16-33(17-13-29)44-36(38)18-19-40-25-27-8-5-4-6-9-27;25-11-9-23(28)30-21-5-1-16(2-6-21)18-13-19(15-20(27)14-18)17-3-7-22(8-4-17)31-24(29)10-12-26/h4-6,8-17,22-24H,3,7,18-21,25-26H2,1-2H3;1-8,13-15,25-27H,9-12H2. The molecule has 7 rings (SSSR count). The second kappa shape index (κ2) is 30.1. The summed E-state index contributed by atoms with van der Waals surface area (Å²) < 4.78 is 43.2. The average molecular weight is 1020 g/mol. The summed E-state index contributed by atoms with van der Waals surface area (Å²) in [5.74, 6) is 0.763. The SMILES string of the molecule is CCCC(=O)Oc1ccc(-c2cc(OCOCCOC)cc(-c3ccc(OC(=O)CCOCc4ccccc4)cc3)c2)cc1.O=C(CCO)Oc1ccc(-c2cc(O)cc(-c3ccc(OC(=O)CCO)cc3)c2)cc1. The highest BCUT2D eigenvalue weighted by Gasteiger charge is 2.13. The van der Waals surface area contributed by atoms with Crippen molar-refractivity contribution in [3.8, 4) is 79.0 Å². The van der Waals surface area contributed by atoms with Crippen LogP contribution >= 0.6 is 0 Å². The summed E-state index contributed by atoms with van der Waals surface area (Å²) in [5.41, 5.74) is 7.86. The predicted molar refractivity (Wildman–Crippen MR) is 281 cm³/mol. The molecule has 0 bridgehead atoms. The van der Waals surface area contributed by atoms with Crippen molar-refractivity contribution >= 4 is 23.9 Å². The molecular weight excluding hydrogens is 961 g/mol.